The van der Waals surface area contributed by atoms with Crippen molar-refractivity contribution in [2.45, 2.75) is 29.9 Å². The Hall–Kier alpha value is -0.620. The molecular weight excluding hydrogens is 291 g/mol. The summed E-state index contributed by atoms with van der Waals surface area (Å²) in [5.41, 5.74) is 0. The molecule has 2 aliphatic heterocycles. The van der Waals surface area contributed by atoms with Crippen molar-refractivity contribution in [3.8, 4) is 0 Å². The summed E-state index contributed by atoms with van der Waals surface area (Å²) in [5.74, 6) is -8.33. The van der Waals surface area contributed by atoms with E-state index in [1.54, 1.807) is 0 Å². The van der Waals surface area contributed by atoms with Gasteiger partial charge in [-0.2, -0.15) is 0 Å². The standard InChI is InChI=1S/C7H11O11P/c8-1-2(9)3(10)4(11)6(13)7(14)5(12)16-19(15,17-6)18-7/h2-4,8-11,13-14H,1H2/t2-,3-,4+,6-,7+,19?/m1/s1. The van der Waals surface area contributed by atoms with Crippen LogP contribution in [0.5, 0.6) is 0 Å². The molecule has 0 spiro atoms. The van der Waals surface area contributed by atoms with E-state index in [4.69, 9.17) is 10.2 Å². The van der Waals surface area contributed by atoms with Gasteiger partial charge in [-0.05, 0) is 0 Å². The van der Waals surface area contributed by atoms with Gasteiger partial charge < -0.3 is 35.2 Å². The molecule has 110 valence electrons. The van der Waals surface area contributed by atoms with Crippen molar-refractivity contribution in [3.05, 3.63) is 0 Å². The zero-order valence-electron chi connectivity index (χ0n) is 9.11. The van der Waals surface area contributed by atoms with E-state index in [9.17, 15) is 29.8 Å². The Morgan fingerprint density at radius 1 is 1.21 bits per heavy atom. The molecule has 0 aliphatic carbocycles. The van der Waals surface area contributed by atoms with Crippen LogP contribution in [0.1, 0.15) is 0 Å². The lowest BCUT2D eigenvalue weighted by molar-refractivity contribution is -0.333. The first-order valence-corrected chi connectivity index (χ1v) is 6.41. The largest absolute Gasteiger partial charge is 0.538 e. The Balaban J connectivity index is 2.34. The molecule has 2 heterocycles. The maximum absolute atomic E-state index is 11.5. The topological polar surface area (TPSA) is 183 Å². The fraction of sp³-hybridized carbons (Fsp3) is 0.857. The first-order chi connectivity index (χ1) is 8.59. The van der Waals surface area contributed by atoms with E-state index in [0.717, 1.165) is 0 Å². The van der Waals surface area contributed by atoms with Crippen LogP contribution in [0.15, 0.2) is 0 Å². The van der Waals surface area contributed by atoms with Crippen LogP contribution in [0, 0.1) is 0 Å². The van der Waals surface area contributed by atoms with Crippen LogP contribution in [-0.4, -0.2) is 73.1 Å². The van der Waals surface area contributed by atoms with Crippen molar-refractivity contribution in [2.24, 2.45) is 0 Å². The summed E-state index contributed by atoms with van der Waals surface area (Å²) in [6, 6.07) is 0. The molecule has 6 atom stereocenters. The number of phosphoric acid groups is 1. The number of aliphatic hydroxyl groups excluding tert-OH is 4. The van der Waals surface area contributed by atoms with Crippen LogP contribution in [0.2, 0.25) is 0 Å². The first kappa shape index (κ1) is 14.8. The summed E-state index contributed by atoms with van der Waals surface area (Å²) in [6.07, 6.45) is -6.69. The van der Waals surface area contributed by atoms with Gasteiger partial charge in [-0.25, -0.2) is 18.4 Å². The lowest BCUT2D eigenvalue weighted by atomic mass is 9.93. The summed E-state index contributed by atoms with van der Waals surface area (Å²) in [6.45, 7) is -1.00. The molecule has 6 N–H and O–H groups in total. The predicted octanol–water partition coefficient (Wildman–Crippen LogP) is -3.85. The maximum atomic E-state index is 11.5. The fourth-order valence-electron chi connectivity index (χ4n) is 1.67. The molecular formula is C7H11O11P. The third-order valence-corrected chi connectivity index (χ3v) is 4.14. The minimum absolute atomic E-state index is 1.00. The molecule has 2 rings (SSSR count). The third kappa shape index (κ3) is 1.83. The Labute approximate surface area is 105 Å². The van der Waals surface area contributed by atoms with Crippen LogP contribution >= 0.6 is 7.82 Å². The van der Waals surface area contributed by atoms with E-state index < -0.39 is 50.3 Å². The molecule has 0 aromatic carbocycles. The summed E-state index contributed by atoms with van der Waals surface area (Å²) in [7, 11) is -4.62. The fourth-order valence-corrected chi connectivity index (χ4v) is 3.21. The maximum Gasteiger partial charge on any atom is 0.538 e. The first-order valence-electron chi connectivity index (χ1n) is 4.95. The van der Waals surface area contributed by atoms with E-state index >= 15 is 0 Å². The van der Waals surface area contributed by atoms with Crippen LogP contribution in [0.25, 0.3) is 0 Å². The van der Waals surface area contributed by atoms with Gasteiger partial charge >= 0.3 is 19.6 Å². The number of fused-ring (bicyclic) bond motifs is 2. The highest BCUT2D eigenvalue weighted by Crippen LogP contribution is 2.70. The van der Waals surface area contributed by atoms with Gasteiger partial charge in [-0.1, -0.05) is 0 Å². The van der Waals surface area contributed by atoms with Crippen molar-refractivity contribution in [3.63, 3.8) is 0 Å². The van der Waals surface area contributed by atoms with Crippen LogP contribution in [-0.2, 0) is 22.9 Å². The van der Waals surface area contributed by atoms with E-state index in [1.807, 2.05) is 0 Å². The lowest BCUT2D eigenvalue weighted by Crippen LogP contribution is -2.67. The smallest absolute Gasteiger partial charge is 0.394 e. The highest BCUT2D eigenvalue weighted by Gasteiger charge is 2.81. The van der Waals surface area contributed by atoms with E-state index in [1.165, 1.54) is 0 Å². The van der Waals surface area contributed by atoms with E-state index in [2.05, 4.69) is 13.6 Å². The molecule has 0 radical (unpaired) electrons. The second-order valence-corrected chi connectivity index (χ2v) is 5.48. The molecule has 0 aromatic heterocycles. The number of hydrogen-bond acceptors (Lipinski definition) is 11. The molecule has 2 saturated heterocycles. The Morgan fingerprint density at radius 3 is 2.21 bits per heavy atom. The molecule has 19 heavy (non-hydrogen) atoms. The quantitative estimate of drug-likeness (QED) is 0.279. The second-order valence-electron chi connectivity index (χ2n) is 4.03. The molecule has 2 bridgehead atoms. The minimum atomic E-state index is -4.62. The van der Waals surface area contributed by atoms with Gasteiger partial charge in [0.1, 0.15) is 18.3 Å². The SMILES string of the molecule is O=C1OP2(=O)O[C@]1(O)[C@@](O)([C@@H](O)[C@H](O)[C@H](O)CO)O2. The molecule has 1 unspecified atom stereocenters. The van der Waals surface area contributed by atoms with Gasteiger partial charge in [0.15, 0.2) is 0 Å². The van der Waals surface area contributed by atoms with Gasteiger partial charge in [0, 0.05) is 0 Å². The monoisotopic (exact) mass is 302 g/mol. The molecule has 0 amide bonds. The second kappa shape index (κ2) is 4.19. The molecule has 12 heteroatoms. The van der Waals surface area contributed by atoms with Crippen LogP contribution in [0.3, 0.4) is 0 Å². The number of phosphoric ester groups is 1. The van der Waals surface area contributed by atoms with Gasteiger partial charge in [0.2, 0.25) is 0 Å². The summed E-state index contributed by atoms with van der Waals surface area (Å²) >= 11 is 0. The summed E-state index contributed by atoms with van der Waals surface area (Å²) < 4.78 is 24.0. The molecule has 2 aliphatic rings. The van der Waals surface area contributed by atoms with Crippen molar-refractivity contribution in [2.75, 3.05) is 6.61 Å². The number of rotatable bonds is 4. The number of carbonyl (C=O) groups excluding carboxylic acids is 1. The normalized spacial score (nSPS) is 45.9. The van der Waals surface area contributed by atoms with Crippen LogP contribution < -0.4 is 0 Å². The van der Waals surface area contributed by atoms with Gasteiger partial charge in [-0.15, -0.1) is 0 Å². The van der Waals surface area contributed by atoms with E-state index in [-0.39, 0.29) is 0 Å². The number of carbonyl (C=O) groups is 1. The average molecular weight is 302 g/mol. The number of hydrogen-bond donors (Lipinski definition) is 6. The Kier molecular flexibility index (Phi) is 3.26. The summed E-state index contributed by atoms with van der Waals surface area (Å²) in [4.78, 5) is 11.2. The zero-order valence-corrected chi connectivity index (χ0v) is 10.0. The Bertz CT molecular complexity index is 452. The van der Waals surface area contributed by atoms with Crippen molar-refractivity contribution >= 4 is 13.8 Å². The van der Waals surface area contributed by atoms with Crippen LogP contribution in [0.4, 0.5) is 0 Å². The molecule has 0 aromatic rings. The molecule has 11 nitrogen and oxygen atoms in total. The third-order valence-electron chi connectivity index (χ3n) is 2.76. The summed E-state index contributed by atoms with van der Waals surface area (Å²) in [5, 5.41) is 56.4. The minimum Gasteiger partial charge on any atom is -0.394 e. The van der Waals surface area contributed by atoms with Gasteiger partial charge in [0.05, 0.1) is 6.61 Å². The van der Waals surface area contributed by atoms with Crippen molar-refractivity contribution in [1.29, 1.82) is 0 Å². The zero-order chi connectivity index (χ0) is 14.6. The van der Waals surface area contributed by atoms with E-state index in [0.29, 0.717) is 0 Å². The molecule has 0 saturated carbocycles. The van der Waals surface area contributed by atoms with Crippen molar-refractivity contribution < 1.29 is 53.6 Å². The Morgan fingerprint density at radius 2 is 1.79 bits per heavy atom. The average Bonchev–Trinajstić information content (AvgIpc) is 2.68. The highest BCUT2D eigenvalue weighted by molar-refractivity contribution is 7.50. The highest BCUT2D eigenvalue weighted by atomic mass is 31.2. The van der Waals surface area contributed by atoms with Gasteiger partial charge in [-0.3, -0.25) is 0 Å². The molecule has 2 fully saturated rings. The number of aliphatic hydroxyl groups is 6. The van der Waals surface area contributed by atoms with Crippen molar-refractivity contribution in [1.82, 2.24) is 0 Å². The van der Waals surface area contributed by atoms with Gasteiger partial charge in [0.25, 0.3) is 5.79 Å². The predicted molar refractivity (Wildman–Crippen MR) is 50.9 cm³/mol. The lowest BCUT2D eigenvalue weighted by Gasteiger charge is -2.37.